The van der Waals surface area contributed by atoms with E-state index in [0.29, 0.717) is 37.1 Å². The van der Waals surface area contributed by atoms with Gasteiger partial charge in [0.15, 0.2) is 0 Å². The number of benzene rings is 2. The Balaban J connectivity index is 1.50. The molecule has 11 nitrogen and oxygen atoms in total. The summed E-state index contributed by atoms with van der Waals surface area (Å²) in [4.78, 5) is 59.4. The second-order valence-corrected chi connectivity index (χ2v) is 13.7. The first-order chi connectivity index (χ1) is 24.1. The van der Waals surface area contributed by atoms with Crippen molar-refractivity contribution >= 4 is 29.4 Å². The third-order valence-electron chi connectivity index (χ3n) is 10.1. The minimum absolute atomic E-state index is 0.0969. The number of fused-ring (bicyclic) bond motifs is 1. The normalized spacial score (nSPS) is 24.7. The first-order valence-corrected chi connectivity index (χ1v) is 17.4. The predicted molar refractivity (Wildman–Crippen MR) is 188 cm³/mol. The zero-order valence-corrected chi connectivity index (χ0v) is 29.2. The lowest BCUT2D eigenvalue weighted by Gasteiger charge is -2.39. The molecule has 2 bridgehead atoms. The molecule has 268 valence electrons. The minimum atomic E-state index is -1.28. The van der Waals surface area contributed by atoms with E-state index in [0.717, 1.165) is 5.56 Å². The van der Waals surface area contributed by atoms with Crippen LogP contribution < -0.4 is 15.0 Å². The SMILES string of the molecule is C=CCCC(=O)OC[C@@H](NC(=O)[C@@H]1[C@H]2C(=O)N([C@@H](CO)CC(C)C)[C@H](C(=O)N(CC=C)c3ccc(OC)cc3)[C@]23CC[C@H]1O3)c1ccccc1. The topological polar surface area (TPSA) is 135 Å². The number of carbonyl (C=O) groups excluding carboxylic acids is 4. The van der Waals surface area contributed by atoms with Crippen LogP contribution in [-0.4, -0.2) is 84.4 Å². The summed E-state index contributed by atoms with van der Waals surface area (Å²) in [5.41, 5.74) is 0.0410. The van der Waals surface area contributed by atoms with Crippen molar-refractivity contribution < 1.29 is 38.5 Å². The average Bonchev–Trinajstić information content (AvgIpc) is 3.77. The lowest BCUT2D eigenvalue weighted by molar-refractivity contribution is -0.146. The van der Waals surface area contributed by atoms with Gasteiger partial charge < -0.3 is 34.4 Å². The van der Waals surface area contributed by atoms with Crippen molar-refractivity contribution in [2.75, 3.05) is 31.8 Å². The molecule has 7 atom stereocenters. The second-order valence-electron chi connectivity index (χ2n) is 13.7. The predicted octanol–water partition coefficient (Wildman–Crippen LogP) is 4.36. The van der Waals surface area contributed by atoms with E-state index in [1.54, 1.807) is 48.4 Å². The molecule has 0 saturated carbocycles. The first kappa shape index (κ1) is 36.8. The van der Waals surface area contributed by atoms with Crippen molar-refractivity contribution in [1.82, 2.24) is 10.2 Å². The summed E-state index contributed by atoms with van der Waals surface area (Å²) < 4.78 is 17.6. The average molecular weight is 688 g/mol. The van der Waals surface area contributed by atoms with E-state index >= 15 is 0 Å². The van der Waals surface area contributed by atoms with Gasteiger partial charge >= 0.3 is 5.97 Å². The fourth-order valence-corrected chi connectivity index (χ4v) is 7.89. The van der Waals surface area contributed by atoms with Crippen LogP contribution in [0.25, 0.3) is 0 Å². The zero-order valence-electron chi connectivity index (χ0n) is 29.2. The Morgan fingerprint density at radius 1 is 1.12 bits per heavy atom. The molecule has 5 rings (SSSR count). The molecule has 0 aromatic heterocycles. The number of nitrogens with one attached hydrogen (secondary N) is 1. The van der Waals surface area contributed by atoms with Gasteiger partial charge in [-0.2, -0.15) is 0 Å². The maximum absolute atomic E-state index is 14.9. The Morgan fingerprint density at radius 3 is 2.46 bits per heavy atom. The standard InChI is InChI=1S/C39H49N3O8/c1-6-8-14-32(44)49-24-30(26-12-10-9-11-13-26)40-36(45)33-31-19-20-39(50-31)34(33)37(46)42(28(23-43)22-25(3)4)35(39)38(47)41(21-7-2)27-15-17-29(48-5)18-16-27/h6-7,9-13,15-18,25,28,30-31,33-35,43H,1-2,8,14,19-24H2,3-5H3,(H,40,45)/t28-,30-,31-,33+,34+,35-,39+/m1/s1. The molecule has 3 fully saturated rings. The van der Waals surface area contributed by atoms with Crippen molar-refractivity contribution in [3.63, 3.8) is 0 Å². The Morgan fingerprint density at radius 2 is 1.84 bits per heavy atom. The number of hydrogen-bond donors (Lipinski definition) is 2. The highest BCUT2D eigenvalue weighted by atomic mass is 16.5. The summed E-state index contributed by atoms with van der Waals surface area (Å²) in [5, 5.41) is 13.7. The van der Waals surface area contributed by atoms with Crippen molar-refractivity contribution in [2.24, 2.45) is 17.8 Å². The maximum Gasteiger partial charge on any atom is 0.306 e. The van der Waals surface area contributed by atoms with Gasteiger partial charge in [0, 0.05) is 18.7 Å². The van der Waals surface area contributed by atoms with Crippen LogP contribution in [0.4, 0.5) is 5.69 Å². The number of hydrogen-bond acceptors (Lipinski definition) is 8. The summed E-state index contributed by atoms with van der Waals surface area (Å²) in [6.07, 6.45) is 4.63. The van der Waals surface area contributed by atoms with Gasteiger partial charge in [0.2, 0.25) is 11.8 Å². The third kappa shape index (κ3) is 7.20. The second kappa shape index (κ2) is 16.0. The Bertz CT molecular complexity index is 1550. The lowest BCUT2D eigenvalue weighted by Crippen LogP contribution is -2.59. The van der Waals surface area contributed by atoms with E-state index in [1.807, 2.05) is 44.2 Å². The van der Waals surface area contributed by atoms with Crippen LogP contribution in [0.15, 0.2) is 79.9 Å². The molecule has 2 N–H and O–H groups in total. The van der Waals surface area contributed by atoms with Crippen LogP contribution in [0.5, 0.6) is 5.75 Å². The molecular weight excluding hydrogens is 638 g/mol. The molecular formula is C39H49N3O8. The summed E-state index contributed by atoms with van der Waals surface area (Å²) in [6.45, 7) is 11.2. The Kier molecular flexibility index (Phi) is 11.8. The minimum Gasteiger partial charge on any atom is -0.497 e. The quantitative estimate of drug-likeness (QED) is 0.185. The molecule has 1 spiro atoms. The third-order valence-corrected chi connectivity index (χ3v) is 10.1. The molecule has 2 aromatic carbocycles. The summed E-state index contributed by atoms with van der Waals surface area (Å²) in [7, 11) is 1.56. The number of ether oxygens (including phenoxy) is 3. The molecule has 3 saturated heterocycles. The van der Waals surface area contributed by atoms with Crippen LogP contribution in [0.2, 0.25) is 0 Å². The number of amides is 3. The number of aliphatic hydroxyl groups is 1. The van der Waals surface area contributed by atoms with Crippen LogP contribution in [0.1, 0.15) is 57.6 Å². The first-order valence-electron chi connectivity index (χ1n) is 17.4. The van der Waals surface area contributed by atoms with Crippen molar-refractivity contribution in [3.8, 4) is 5.75 Å². The molecule has 3 amide bonds. The number of carbonyl (C=O) groups is 4. The number of anilines is 1. The van der Waals surface area contributed by atoms with Crippen LogP contribution in [-0.2, 0) is 28.7 Å². The van der Waals surface area contributed by atoms with Crippen molar-refractivity contribution in [3.05, 3.63) is 85.5 Å². The summed E-state index contributed by atoms with van der Waals surface area (Å²) in [5.74, 6) is -2.70. The van der Waals surface area contributed by atoms with Gasteiger partial charge in [0.1, 0.15) is 24.0 Å². The van der Waals surface area contributed by atoms with E-state index in [2.05, 4.69) is 18.5 Å². The van der Waals surface area contributed by atoms with Gasteiger partial charge in [-0.3, -0.25) is 19.2 Å². The van der Waals surface area contributed by atoms with E-state index in [9.17, 15) is 24.3 Å². The van der Waals surface area contributed by atoms with Crippen LogP contribution >= 0.6 is 0 Å². The molecule has 0 unspecified atom stereocenters. The molecule has 3 aliphatic rings. The molecule has 50 heavy (non-hydrogen) atoms. The highest BCUT2D eigenvalue weighted by Crippen LogP contribution is 2.59. The Hall–Kier alpha value is -4.48. The van der Waals surface area contributed by atoms with Gasteiger partial charge in [-0.05, 0) is 61.4 Å². The molecule has 3 heterocycles. The molecule has 11 heteroatoms. The van der Waals surface area contributed by atoms with Crippen molar-refractivity contribution in [1.29, 1.82) is 0 Å². The van der Waals surface area contributed by atoms with Crippen molar-refractivity contribution in [2.45, 2.75) is 75.8 Å². The number of esters is 1. The highest BCUT2D eigenvalue weighted by Gasteiger charge is 2.75. The summed E-state index contributed by atoms with van der Waals surface area (Å²) in [6, 6.07) is 13.8. The monoisotopic (exact) mass is 687 g/mol. The smallest absolute Gasteiger partial charge is 0.306 e. The van der Waals surface area contributed by atoms with E-state index < -0.39 is 53.5 Å². The van der Waals surface area contributed by atoms with E-state index in [1.165, 1.54) is 4.90 Å². The van der Waals surface area contributed by atoms with E-state index in [4.69, 9.17) is 14.2 Å². The van der Waals surface area contributed by atoms with Crippen LogP contribution in [0, 0.1) is 17.8 Å². The van der Waals surface area contributed by atoms with Gasteiger partial charge in [0.25, 0.3) is 5.91 Å². The molecule has 3 aliphatic heterocycles. The fourth-order valence-electron chi connectivity index (χ4n) is 7.89. The highest BCUT2D eigenvalue weighted by molar-refractivity contribution is 6.05. The van der Waals surface area contributed by atoms with Gasteiger partial charge in [0.05, 0.1) is 43.7 Å². The van der Waals surface area contributed by atoms with Gasteiger partial charge in [-0.25, -0.2) is 0 Å². The fraction of sp³-hybridized carbons (Fsp3) is 0.487. The lowest BCUT2D eigenvalue weighted by atomic mass is 9.70. The van der Waals surface area contributed by atoms with Gasteiger partial charge in [-0.15, -0.1) is 13.2 Å². The number of aliphatic hydroxyl groups excluding tert-OH is 1. The molecule has 2 aromatic rings. The maximum atomic E-state index is 14.9. The Labute approximate surface area is 294 Å². The van der Waals surface area contributed by atoms with Crippen LogP contribution in [0.3, 0.4) is 0 Å². The molecule has 0 radical (unpaired) electrons. The number of rotatable bonds is 17. The zero-order chi connectivity index (χ0) is 36.0. The largest absolute Gasteiger partial charge is 0.497 e. The number of allylic oxidation sites excluding steroid dienone is 1. The number of likely N-dealkylation sites (tertiary alicyclic amines) is 1. The number of nitrogens with zero attached hydrogens (tertiary/aromatic N) is 2. The molecule has 0 aliphatic carbocycles. The number of methoxy groups -OCH3 is 1. The van der Waals surface area contributed by atoms with E-state index in [-0.39, 0.29) is 43.9 Å². The van der Waals surface area contributed by atoms with Gasteiger partial charge in [-0.1, -0.05) is 56.3 Å². The summed E-state index contributed by atoms with van der Waals surface area (Å²) >= 11 is 0.